The lowest BCUT2D eigenvalue weighted by Crippen LogP contribution is -2.31. The predicted molar refractivity (Wildman–Crippen MR) is 91.9 cm³/mol. The quantitative estimate of drug-likeness (QED) is 0.879. The van der Waals surface area contributed by atoms with E-state index in [1.165, 1.54) is 24.1 Å². The van der Waals surface area contributed by atoms with Crippen molar-refractivity contribution in [2.75, 3.05) is 11.9 Å². The molecule has 0 atom stereocenters. The van der Waals surface area contributed by atoms with Gasteiger partial charge >= 0.3 is 6.03 Å². The fourth-order valence-electron chi connectivity index (χ4n) is 2.99. The normalized spacial score (nSPS) is 15.5. The number of aromatic nitrogens is 3. The van der Waals surface area contributed by atoms with E-state index < -0.39 is 0 Å². The lowest BCUT2D eigenvalue weighted by Gasteiger charge is -2.23. The van der Waals surface area contributed by atoms with Crippen LogP contribution in [0.4, 0.5) is 10.6 Å². The van der Waals surface area contributed by atoms with E-state index in [1.807, 2.05) is 23.9 Å². The summed E-state index contributed by atoms with van der Waals surface area (Å²) < 4.78 is 1.96. The largest absolute Gasteiger partial charge is 0.337 e. The van der Waals surface area contributed by atoms with Gasteiger partial charge in [-0.1, -0.05) is 19.3 Å². The minimum absolute atomic E-state index is 0.184. The second-order valence-electron chi connectivity index (χ2n) is 5.95. The maximum atomic E-state index is 12.1. The van der Waals surface area contributed by atoms with Gasteiger partial charge in [-0.3, -0.25) is 5.32 Å². The minimum atomic E-state index is -0.184. The van der Waals surface area contributed by atoms with Crippen molar-refractivity contribution >= 4 is 23.2 Å². The van der Waals surface area contributed by atoms with E-state index in [1.54, 1.807) is 17.5 Å². The van der Waals surface area contributed by atoms with Crippen molar-refractivity contribution in [2.45, 2.75) is 51.5 Å². The molecule has 0 spiro atoms. The first-order valence-electron chi connectivity index (χ1n) is 8.22. The maximum Gasteiger partial charge on any atom is 0.320 e. The number of anilines is 1. The summed E-state index contributed by atoms with van der Waals surface area (Å²) in [4.78, 5) is 17.6. The van der Waals surface area contributed by atoms with E-state index in [-0.39, 0.29) is 6.03 Å². The highest BCUT2D eigenvalue weighted by Crippen LogP contribution is 2.29. The lowest BCUT2D eigenvalue weighted by atomic mass is 9.96. The fraction of sp³-hybridized carbons (Fsp3) is 0.562. The molecule has 0 aliphatic heterocycles. The van der Waals surface area contributed by atoms with Gasteiger partial charge in [0.25, 0.3) is 0 Å². The number of rotatable bonds is 5. The van der Waals surface area contributed by atoms with Crippen LogP contribution in [0.5, 0.6) is 0 Å². The zero-order valence-electron chi connectivity index (χ0n) is 13.4. The summed E-state index contributed by atoms with van der Waals surface area (Å²) in [6, 6.07) is 2.08. The highest BCUT2D eigenvalue weighted by Gasteiger charge is 2.19. The molecule has 2 aromatic rings. The summed E-state index contributed by atoms with van der Waals surface area (Å²) >= 11 is 1.67. The number of carbonyl (C=O) groups is 1. The molecule has 0 bridgehead atoms. The molecule has 1 saturated carbocycles. The first-order chi connectivity index (χ1) is 11.2. The van der Waals surface area contributed by atoms with Crippen molar-refractivity contribution in [1.82, 2.24) is 20.1 Å². The Kier molecular flexibility index (Phi) is 5.27. The van der Waals surface area contributed by atoms with Gasteiger partial charge in [0.15, 0.2) is 0 Å². The number of nitrogens with zero attached hydrogens (tertiary/aromatic N) is 3. The number of urea groups is 1. The summed E-state index contributed by atoms with van der Waals surface area (Å²) in [5.41, 5.74) is 0. The number of hydrogen-bond donors (Lipinski definition) is 2. The molecule has 1 aliphatic rings. The molecule has 2 N–H and O–H groups in total. The van der Waals surface area contributed by atoms with Gasteiger partial charge in [-0.25, -0.2) is 14.5 Å². The van der Waals surface area contributed by atoms with Crippen molar-refractivity contribution in [1.29, 1.82) is 0 Å². The Labute approximate surface area is 140 Å². The number of thiazole rings is 1. The van der Waals surface area contributed by atoms with Crippen molar-refractivity contribution in [3.05, 3.63) is 28.3 Å². The first-order valence-corrected chi connectivity index (χ1v) is 9.03. The van der Waals surface area contributed by atoms with Gasteiger partial charge in [-0.2, -0.15) is 5.10 Å². The highest BCUT2D eigenvalue weighted by atomic mass is 32.1. The summed E-state index contributed by atoms with van der Waals surface area (Å²) in [5.74, 6) is 0.777. The highest BCUT2D eigenvalue weighted by molar-refractivity contribution is 7.11. The van der Waals surface area contributed by atoms with Crippen molar-refractivity contribution in [2.24, 2.45) is 0 Å². The maximum absolute atomic E-state index is 12.1. The number of carbonyl (C=O) groups excluding carboxylic acids is 1. The van der Waals surface area contributed by atoms with E-state index in [9.17, 15) is 4.79 Å². The number of amides is 2. The molecule has 23 heavy (non-hydrogen) atoms. The molecular weight excluding hydrogens is 310 g/mol. The van der Waals surface area contributed by atoms with E-state index in [2.05, 4.69) is 20.7 Å². The van der Waals surface area contributed by atoms with E-state index in [4.69, 9.17) is 0 Å². The van der Waals surface area contributed by atoms with Crippen LogP contribution in [0.3, 0.4) is 0 Å². The first kappa shape index (κ1) is 16.0. The molecule has 3 rings (SSSR count). The topological polar surface area (TPSA) is 71.8 Å². The number of hydrogen-bond acceptors (Lipinski definition) is 4. The van der Waals surface area contributed by atoms with Gasteiger partial charge in [-0.05, 0) is 19.8 Å². The van der Waals surface area contributed by atoms with Crippen molar-refractivity contribution in [3.8, 4) is 0 Å². The third-order valence-electron chi connectivity index (χ3n) is 4.13. The molecule has 0 saturated heterocycles. The van der Waals surface area contributed by atoms with Crippen LogP contribution >= 0.6 is 11.3 Å². The molecule has 1 aliphatic carbocycles. The summed E-state index contributed by atoms with van der Waals surface area (Å²) in [6.45, 7) is 2.62. The zero-order chi connectivity index (χ0) is 16.1. The third-order valence-corrected chi connectivity index (χ3v) is 5.10. The van der Waals surface area contributed by atoms with Crippen LogP contribution in [-0.2, 0) is 6.42 Å². The zero-order valence-corrected chi connectivity index (χ0v) is 14.2. The monoisotopic (exact) mass is 333 g/mol. The Balaban J connectivity index is 1.49. The fourth-order valence-corrected chi connectivity index (χ4v) is 3.78. The Hall–Kier alpha value is -1.89. The lowest BCUT2D eigenvalue weighted by molar-refractivity contribution is 0.251. The van der Waals surface area contributed by atoms with Crippen LogP contribution in [0.1, 0.15) is 48.0 Å². The van der Waals surface area contributed by atoms with Crippen molar-refractivity contribution in [3.63, 3.8) is 0 Å². The van der Waals surface area contributed by atoms with Crippen LogP contribution in [0.25, 0.3) is 0 Å². The Morgan fingerprint density at radius 1 is 1.39 bits per heavy atom. The average Bonchev–Trinajstić information content (AvgIpc) is 3.17. The molecule has 2 amide bonds. The SMILES string of the molecule is Cc1cnc(CCNC(=O)Nc2ccnn2C2CCCCC2)s1. The molecule has 0 radical (unpaired) electrons. The van der Waals surface area contributed by atoms with Gasteiger partial charge in [0, 0.05) is 30.1 Å². The molecule has 2 heterocycles. The van der Waals surface area contributed by atoms with Crippen LogP contribution in [0.2, 0.25) is 0 Å². The summed E-state index contributed by atoms with van der Waals surface area (Å²) in [5, 5.41) is 11.2. The van der Waals surface area contributed by atoms with E-state index in [0.29, 0.717) is 12.6 Å². The van der Waals surface area contributed by atoms with Gasteiger partial charge in [0.1, 0.15) is 5.82 Å². The van der Waals surface area contributed by atoms with Crippen LogP contribution < -0.4 is 10.6 Å². The number of nitrogens with one attached hydrogen (secondary N) is 2. The smallest absolute Gasteiger partial charge is 0.320 e. The number of aryl methyl sites for hydroxylation is 1. The molecule has 0 unspecified atom stereocenters. The molecule has 2 aromatic heterocycles. The molecule has 0 aromatic carbocycles. The van der Waals surface area contributed by atoms with Crippen LogP contribution in [-0.4, -0.2) is 27.3 Å². The van der Waals surface area contributed by atoms with Gasteiger partial charge in [0.05, 0.1) is 17.2 Å². The van der Waals surface area contributed by atoms with Crippen LogP contribution in [0, 0.1) is 6.92 Å². The third kappa shape index (κ3) is 4.31. The predicted octanol–water partition coefficient (Wildman–Crippen LogP) is 3.52. The van der Waals surface area contributed by atoms with Gasteiger partial charge < -0.3 is 5.32 Å². The molecule has 7 heteroatoms. The molecule has 1 fully saturated rings. The molecular formula is C16H23N5OS. The Bertz CT molecular complexity index is 644. The second kappa shape index (κ2) is 7.59. The summed E-state index contributed by atoms with van der Waals surface area (Å²) in [7, 11) is 0. The summed E-state index contributed by atoms with van der Waals surface area (Å²) in [6.07, 6.45) is 10.4. The Morgan fingerprint density at radius 2 is 2.22 bits per heavy atom. The Morgan fingerprint density at radius 3 is 2.96 bits per heavy atom. The molecule has 6 nitrogen and oxygen atoms in total. The van der Waals surface area contributed by atoms with Gasteiger partial charge in [0.2, 0.25) is 0 Å². The molecule has 124 valence electrons. The standard InChI is InChI=1S/C16H23N5OS/c1-12-11-18-15(23-12)8-9-17-16(22)20-14-7-10-19-21(14)13-5-3-2-4-6-13/h7,10-11,13H,2-6,8-9H2,1H3,(H2,17,20,22). The van der Waals surface area contributed by atoms with Crippen LogP contribution in [0.15, 0.2) is 18.5 Å². The van der Waals surface area contributed by atoms with Crippen molar-refractivity contribution < 1.29 is 4.79 Å². The average molecular weight is 333 g/mol. The second-order valence-corrected chi connectivity index (χ2v) is 7.27. The minimum Gasteiger partial charge on any atom is -0.337 e. The van der Waals surface area contributed by atoms with Gasteiger partial charge in [-0.15, -0.1) is 11.3 Å². The van der Waals surface area contributed by atoms with E-state index in [0.717, 1.165) is 30.1 Å². The van der Waals surface area contributed by atoms with E-state index >= 15 is 0 Å².